The van der Waals surface area contributed by atoms with Gasteiger partial charge < -0.3 is 0 Å². The van der Waals surface area contributed by atoms with Crippen LogP contribution in [0.2, 0.25) is 0 Å². The highest BCUT2D eigenvalue weighted by molar-refractivity contribution is 7.86. The molecule has 0 heterocycles. The van der Waals surface area contributed by atoms with E-state index in [1.54, 1.807) is 0 Å². The molecule has 0 saturated heterocycles. The quantitative estimate of drug-likeness (QED) is 0.750. The van der Waals surface area contributed by atoms with Crippen molar-refractivity contribution in [3.8, 4) is 0 Å². The lowest BCUT2D eigenvalue weighted by Gasteiger charge is -2.15. The highest BCUT2D eigenvalue weighted by Crippen LogP contribution is 2.23. The average Bonchev–Trinajstić information content (AvgIpc) is 2.27. The van der Waals surface area contributed by atoms with E-state index < -0.39 is 16.2 Å². The van der Waals surface area contributed by atoms with E-state index in [2.05, 4.69) is 0 Å². The standard InChI is InChI=1S/C11H15FO3S/c1-3-11(15-16(13,14)4-2)9-5-7-10(12)8-6-9/h5-8,11H,3-4H2,1-2H3. The van der Waals surface area contributed by atoms with E-state index in [-0.39, 0.29) is 11.6 Å². The molecule has 1 aromatic rings. The Morgan fingerprint density at radius 3 is 2.25 bits per heavy atom. The van der Waals surface area contributed by atoms with Crippen molar-refractivity contribution in [1.82, 2.24) is 0 Å². The van der Waals surface area contributed by atoms with Gasteiger partial charge in [-0.15, -0.1) is 0 Å². The molecule has 0 aliphatic rings. The van der Waals surface area contributed by atoms with Gasteiger partial charge in [-0.3, -0.25) is 4.18 Å². The van der Waals surface area contributed by atoms with Crippen molar-refractivity contribution in [3.05, 3.63) is 35.6 Å². The van der Waals surface area contributed by atoms with Crippen LogP contribution in [-0.2, 0) is 14.3 Å². The summed E-state index contributed by atoms with van der Waals surface area (Å²) in [6.45, 7) is 3.34. The second-order valence-corrected chi connectivity index (χ2v) is 5.28. The molecule has 0 radical (unpaired) electrons. The van der Waals surface area contributed by atoms with Crippen LogP contribution in [0, 0.1) is 5.82 Å². The summed E-state index contributed by atoms with van der Waals surface area (Å²) in [4.78, 5) is 0. The summed E-state index contributed by atoms with van der Waals surface area (Å²) < 4.78 is 40.3. The molecule has 0 N–H and O–H groups in total. The Labute approximate surface area is 95.4 Å². The van der Waals surface area contributed by atoms with Gasteiger partial charge in [-0.25, -0.2) is 4.39 Å². The molecular formula is C11H15FO3S. The van der Waals surface area contributed by atoms with Crippen molar-refractivity contribution in [2.45, 2.75) is 26.4 Å². The molecule has 1 unspecified atom stereocenters. The van der Waals surface area contributed by atoms with Crippen LogP contribution in [0.4, 0.5) is 4.39 Å². The molecule has 0 amide bonds. The number of halogens is 1. The minimum Gasteiger partial charge on any atom is -0.262 e. The number of rotatable bonds is 5. The van der Waals surface area contributed by atoms with Gasteiger partial charge in [-0.1, -0.05) is 19.1 Å². The third-order valence-electron chi connectivity index (χ3n) is 2.23. The largest absolute Gasteiger partial charge is 0.267 e. The van der Waals surface area contributed by atoms with Gasteiger partial charge in [0.1, 0.15) is 11.9 Å². The van der Waals surface area contributed by atoms with Gasteiger partial charge >= 0.3 is 0 Å². The first-order valence-corrected chi connectivity index (χ1v) is 6.72. The Balaban J connectivity index is 2.87. The van der Waals surface area contributed by atoms with E-state index in [1.165, 1.54) is 31.2 Å². The molecule has 1 rings (SSSR count). The highest BCUT2D eigenvalue weighted by Gasteiger charge is 2.17. The fourth-order valence-electron chi connectivity index (χ4n) is 1.28. The molecule has 1 atom stereocenters. The fraction of sp³-hybridized carbons (Fsp3) is 0.455. The Bertz CT molecular complexity index is 425. The normalized spacial score (nSPS) is 13.7. The van der Waals surface area contributed by atoms with E-state index in [0.29, 0.717) is 12.0 Å². The molecule has 16 heavy (non-hydrogen) atoms. The highest BCUT2D eigenvalue weighted by atomic mass is 32.2. The molecular weight excluding hydrogens is 231 g/mol. The summed E-state index contributed by atoms with van der Waals surface area (Å²) in [6, 6.07) is 5.66. The van der Waals surface area contributed by atoms with Crippen molar-refractivity contribution in [2.24, 2.45) is 0 Å². The zero-order valence-electron chi connectivity index (χ0n) is 9.31. The molecule has 0 spiro atoms. The molecule has 0 aliphatic heterocycles. The van der Waals surface area contributed by atoms with Crippen LogP contribution >= 0.6 is 0 Å². The van der Waals surface area contributed by atoms with E-state index in [0.717, 1.165) is 0 Å². The first-order valence-electron chi connectivity index (χ1n) is 5.15. The second kappa shape index (κ2) is 5.41. The van der Waals surface area contributed by atoms with Gasteiger partial charge in [-0.05, 0) is 31.0 Å². The van der Waals surface area contributed by atoms with Crippen LogP contribution in [0.5, 0.6) is 0 Å². The molecule has 1 aromatic carbocycles. The Morgan fingerprint density at radius 2 is 1.81 bits per heavy atom. The minimum absolute atomic E-state index is 0.0648. The van der Waals surface area contributed by atoms with Gasteiger partial charge in [0.25, 0.3) is 10.1 Å². The molecule has 90 valence electrons. The lowest BCUT2D eigenvalue weighted by molar-refractivity contribution is 0.209. The topological polar surface area (TPSA) is 43.4 Å². The third-order valence-corrected chi connectivity index (χ3v) is 3.46. The van der Waals surface area contributed by atoms with Crippen molar-refractivity contribution in [1.29, 1.82) is 0 Å². The molecule has 0 bridgehead atoms. The van der Waals surface area contributed by atoms with Crippen molar-refractivity contribution >= 4 is 10.1 Å². The third kappa shape index (κ3) is 3.57. The summed E-state index contributed by atoms with van der Waals surface area (Å²) in [5, 5.41) is 0. The summed E-state index contributed by atoms with van der Waals surface area (Å²) in [6.07, 6.45) is -0.0178. The summed E-state index contributed by atoms with van der Waals surface area (Å²) in [5.74, 6) is -0.415. The Kier molecular flexibility index (Phi) is 4.44. The lowest BCUT2D eigenvalue weighted by Crippen LogP contribution is -2.13. The van der Waals surface area contributed by atoms with Gasteiger partial charge in [0.05, 0.1) is 5.75 Å². The predicted octanol–water partition coefficient (Wildman–Crippen LogP) is 2.64. The van der Waals surface area contributed by atoms with E-state index in [1.807, 2.05) is 6.92 Å². The Morgan fingerprint density at radius 1 is 1.25 bits per heavy atom. The fourth-order valence-corrected chi connectivity index (χ4v) is 2.02. The van der Waals surface area contributed by atoms with E-state index in [4.69, 9.17) is 4.18 Å². The maximum Gasteiger partial charge on any atom is 0.267 e. The monoisotopic (exact) mass is 246 g/mol. The van der Waals surface area contributed by atoms with Gasteiger partial charge in [0.15, 0.2) is 0 Å². The van der Waals surface area contributed by atoms with Crippen LogP contribution < -0.4 is 0 Å². The summed E-state index contributed by atoms with van der Waals surface area (Å²) in [5.41, 5.74) is 0.668. The summed E-state index contributed by atoms with van der Waals surface area (Å²) in [7, 11) is -3.48. The minimum atomic E-state index is -3.48. The van der Waals surface area contributed by atoms with Crippen LogP contribution in [0.3, 0.4) is 0 Å². The van der Waals surface area contributed by atoms with E-state index in [9.17, 15) is 12.8 Å². The molecule has 0 aliphatic carbocycles. The van der Waals surface area contributed by atoms with Crippen LogP contribution in [0.15, 0.2) is 24.3 Å². The Hall–Kier alpha value is -0.940. The first kappa shape index (κ1) is 13.1. The number of benzene rings is 1. The molecule has 0 saturated carbocycles. The van der Waals surface area contributed by atoms with Gasteiger partial charge in [0.2, 0.25) is 0 Å². The SMILES string of the molecule is CCC(OS(=O)(=O)CC)c1ccc(F)cc1. The van der Waals surface area contributed by atoms with Crippen molar-refractivity contribution in [2.75, 3.05) is 5.75 Å². The first-order chi connectivity index (χ1) is 7.48. The van der Waals surface area contributed by atoms with Crippen molar-refractivity contribution < 1.29 is 17.0 Å². The zero-order chi connectivity index (χ0) is 12.2. The molecule has 5 heteroatoms. The maximum absolute atomic E-state index is 12.7. The number of hydrogen-bond acceptors (Lipinski definition) is 3. The molecule has 3 nitrogen and oxygen atoms in total. The molecule has 0 aromatic heterocycles. The number of hydrogen-bond donors (Lipinski definition) is 0. The smallest absolute Gasteiger partial charge is 0.262 e. The van der Waals surface area contributed by atoms with Crippen LogP contribution in [-0.4, -0.2) is 14.2 Å². The molecule has 0 fully saturated rings. The predicted molar refractivity (Wildman–Crippen MR) is 60.0 cm³/mol. The van der Waals surface area contributed by atoms with Crippen LogP contribution in [0.1, 0.15) is 31.9 Å². The van der Waals surface area contributed by atoms with Gasteiger partial charge in [0, 0.05) is 0 Å². The van der Waals surface area contributed by atoms with Gasteiger partial charge in [-0.2, -0.15) is 8.42 Å². The van der Waals surface area contributed by atoms with Crippen molar-refractivity contribution in [3.63, 3.8) is 0 Å². The maximum atomic E-state index is 12.7. The van der Waals surface area contributed by atoms with E-state index >= 15 is 0 Å². The second-order valence-electron chi connectivity index (χ2n) is 3.39. The summed E-state index contributed by atoms with van der Waals surface area (Å²) >= 11 is 0. The zero-order valence-corrected chi connectivity index (χ0v) is 10.1. The average molecular weight is 246 g/mol. The van der Waals surface area contributed by atoms with Crippen LogP contribution in [0.25, 0.3) is 0 Å². The lowest BCUT2D eigenvalue weighted by atomic mass is 10.1.